The summed E-state index contributed by atoms with van der Waals surface area (Å²) in [6.45, 7) is 4.07. The number of aromatic nitrogens is 1. The van der Waals surface area contributed by atoms with Crippen LogP contribution in [0.5, 0.6) is 0 Å². The van der Waals surface area contributed by atoms with Gasteiger partial charge in [-0.05, 0) is 25.5 Å². The molecule has 54 valence electrons. The van der Waals surface area contributed by atoms with E-state index in [1.807, 2.05) is 20.0 Å². The molecule has 1 rings (SSSR count). The average molecular weight is 136 g/mol. The fourth-order valence-electron chi connectivity index (χ4n) is 0.940. The van der Waals surface area contributed by atoms with Crippen LogP contribution in [0.15, 0.2) is 12.3 Å². The van der Waals surface area contributed by atoms with Gasteiger partial charge >= 0.3 is 0 Å². The van der Waals surface area contributed by atoms with Crippen molar-refractivity contribution in [3.05, 3.63) is 30.4 Å². The van der Waals surface area contributed by atoms with Crippen LogP contribution in [0.4, 0.5) is 5.82 Å². The van der Waals surface area contributed by atoms with Crippen LogP contribution in [0.25, 0.3) is 0 Å². The molecular formula is C8H12N2. The van der Waals surface area contributed by atoms with Crippen LogP contribution < -0.4 is 5.32 Å². The molecule has 0 aromatic carbocycles. The second-order valence-electron chi connectivity index (χ2n) is 2.42. The van der Waals surface area contributed by atoms with Gasteiger partial charge in [0.25, 0.3) is 0 Å². The van der Waals surface area contributed by atoms with E-state index in [2.05, 4.69) is 18.1 Å². The van der Waals surface area contributed by atoms with Crippen molar-refractivity contribution in [1.82, 2.24) is 4.98 Å². The number of nitrogens with zero attached hydrogens (tertiary/aromatic N) is 1. The van der Waals surface area contributed by atoms with Gasteiger partial charge in [0, 0.05) is 11.8 Å². The van der Waals surface area contributed by atoms with Crippen molar-refractivity contribution < 1.29 is 5.32 Å². The summed E-state index contributed by atoms with van der Waals surface area (Å²) < 4.78 is 0. The SMILES string of the molecule is [CH2-][NH2+]c1ncc(C)cc1C. The minimum Gasteiger partial charge on any atom is -0.429 e. The molecule has 0 saturated heterocycles. The molecule has 0 unspecified atom stereocenters. The number of aryl methyl sites for hydroxylation is 2. The van der Waals surface area contributed by atoms with E-state index in [-0.39, 0.29) is 0 Å². The van der Waals surface area contributed by atoms with Gasteiger partial charge in [-0.25, -0.2) is 4.98 Å². The molecule has 2 N–H and O–H groups in total. The molecule has 0 spiro atoms. The van der Waals surface area contributed by atoms with Crippen molar-refractivity contribution in [2.75, 3.05) is 0 Å². The molecule has 0 radical (unpaired) electrons. The molecule has 2 heteroatoms. The highest BCUT2D eigenvalue weighted by molar-refractivity contribution is 5.32. The van der Waals surface area contributed by atoms with Gasteiger partial charge in [-0.3, -0.25) is 0 Å². The summed E-state index contributed by atoms with van der Waals surface area (Å²) in [6, 6.07) is 2.10. The zero-order chi connectivity index (χ0) is 7.56. The standard InChI is InChI=1S/C8H12N2/c1-6-4-7(2)8(9-3)10-5-6/h4-5H,3,9H2,1-2H3. The third-order valence-corrected chi connectivity index (χ3v) is 1.45. The predicted octanol–water partition coefficient (Wildman–Crippen LogP) is 0.685. The first-order chi connectivity index (χ1) is 4.74. The molecule has 1 heterocycles. The molecule has 1 aromatic rings. The fraction of sp³-hybridized carbons (Fsp3) is 0.250. The topological polar surface area (TPSA) is 29.5 Å². The summed E-state index contributed by atoms with van der Waals surface area (Å²) in [5, 5.41) is 1.77. The van der Waals surface area contributed by atoms with E-state index < -0.39 is 0 Å². The van der Waals surface area contributed by atoms with Gasteiger partial charge in [0.2, 0.25) is 5.82 Å². The highest BCUT2D eigenvalue weighted by Crippen LogP contribution is 2.05. The monoisotopic (exact) mass is 136 g/mol. The molecular weight excluding hydrogens is 124 g/mol. The van der Waals surface area contributed by atoms with Crippen molar-refractivity contribution in [2.24, 2.45) is 0 Å². The Kier molecular flexibility index (Phi) is 2.02. The Bertz CT molecular complexity index is 231. The van der Waals surface area contributed by atoms with Crippen LogP contribution in [0.3, 0.4) is 0 Å². The molecule has 0 saturated carbocycles. The van der Waals surface area contributed by atoms with Gasteiger partial charge in [-0.2, -0.15) is 0 Å². The van der Waals surface area contributed by atoms with Gasteiger partial charge in [-0.1, -0.05) is 0 Å². The molecule has 10 heavy (non-hydrogen) atoms. The van der Waals surface area contributed by atoms with Crippen LogP contribution in [-0.2, 0) is 0 Å². The van der Waals surface area contributed by atoms with Crippen LogP contribution in [-0.4, -0.2) is 4.98 Å². The Hall–Kier alpha value is -0.890. The number of hydrogen-bond donors (Lipinski definition) is 1. The van der Waals surface area contributed by atoms with Crippen LogP contribution in [0.2, 0.25) is 0 Å². The smallest absolute Gasteiger partial charge is 0.200 e. The van der Waals surface area contributed by atoms with E-state index in [1.54, 1.807) is 5.32 Å². The quantitative estimate of drug-likeness (QED) is 0.565. The molecule has 0 amide bonds. The lowest BCUT2D eigenvalue weighted by atomic mass is 10.2. The normalized spacial score (nSPS) is 9.90. The maximum Gasteiger partial charge on any atom is 0.200 e. The molecule has 0 aliphatic heterocycles. The summed E-state index contributed by atoms with van der Waals surface area (Å²) in [7, 11) is 3.66. The number of rotatable bonds is 1. The average Bonchev–Trinajstić information content (AvgIpc) is 1.88. The van der Waals surface area contributed by atoms with E-state index in [0.717, 1.165) is 5.82 Å². The van der Waals surface area contributed by atoms with Crippen molar-refractivity contribution in [2.45, 2.75) is 13.8 Å². The summed E-state index contributed by atoms with van der Waals surface area (Å²) >= 11 is 0. The molecule has 0 fully saturated rings. The highest BCUT2D eigenvalue weighted by Gasteiger charge is 1.96. The van der Waals surface area contributed by atoms with E-state index in [9.17, 15) is 0 Å². The van der Waals surface area contributed by atoms with Crippen LogP contribution in [0, 0.1) is 20.9 Å². The second kappa shape index (κ2) is 2.80. The van der Waals surface area contributed by atoms with Crippen molar-refractivity contribution in [3.63, 3.8) is 0 Å². The van der Waals surface area contributed by atoms with Gasteiger partial charge in [0.1, 0.15) is 0 Å². The highest BCUT2D eigenvalue weighted by atomic mass is 15.0. The van der Waals surface area contributed by atoms with Crippen LogP contribution >= 0.6 is 0 Å². The summed E-state index contributed by atoms with van der Waals surface area (Å²) in [4.78, 5) is 4.18. The second-order valence-corrected chi connectivity index (χ2v) is 2.42. The Morgan fingerprint density at radius 2 is 2.20 bits per heavy atom. The molecule has 0 bridgehead atoms. The van der Waals surface area contributed by atoms with Gasteiger partial charge in [0.05, 0.1) is 0 Å². The molecule has 0 aliphatic carbocycles. The van der Waals surface area contributed by atoms with Gasteiger partial charge < -0.3 is 5.32 Å². The Balaban J connectivity index is 3.07. The van der Waals surface area contributed by atoms with Crippen LogP contribution in [0.1, 0.15) is 11.1 Å². The molecule has 0 aliphatic rings. The first kappa shape index (κ1) is 7.22. The number of nitrogens with two attached hydrogens (primary N) is 1. The third-order valence-electron chi connectivity index (χ3n) is 1.45. The Labute approximate surface area is 61.3 Å². The summed E-state index contributed by atoms with van der Waals surface area (Å²) in [6.07, 6.45) is 1.85. The maximum absolute atomic E-state index is 4.18. The van der Waals surface area contributed by atoms with Gasteiger partial charge in [0.15, 0.2) is 0 Å². The minimum absolute atomic E-state index is 0.977. The molecule has 1 aromatic heterocycles. The Morgan fingerprint density at radius 1 is 1.50 bits per heavy atom. The number of quaternary nitrogens is 1. The summed E-state index contributed by atoms with van der Waals surface area (Å²) in [5.41, 5.74) is 2.39. The van der Waals surface area contributed by atoms with Crippen molar-refractivity contribution in [1.29, 1.82) is 0 Å². The maximum atomic E-state index is 4.18. The third kappa shape index (κ3) is 1.33. The number of hydrogen-bond acceptors (Lipinski definition) is 1. The van der Waals surface area contributed by atoms with E-state index in [1.165, 1.54) is 11.1 Å². The van der Waals surface area contributed by atoms with Gasteiger partial charge in [-0.15, -0.1) is 7.05 Å². The first-order valence-electron chi connectivity index (χ1n) is 3.29. The lowest BCUT2D eigenvalue weighted by Gasteiger charge is -2.01. The van der Waals surface area contributed by atoms with Crippen molar-refractivity contribution in [3.8, 4) is 0 Å². The Morgan fingerprint density at radius 3 is 2.70 bits per heavy atom. The first-order valence-corrected chi connectivity index (χ1v) is 3.29. The predicted molar refractivity (Wildman–Crippen MR) is 40.7 cm³/mol. The fourth-order valence-corrected chi connectivity index (χ4v) is 0.940. The van der Waals surface area contributed by atoms with E-state index >= 15 is 0 Å². The van der Waals surface area contributed by atoms with E-state index in [0.29, 0.717) is 0 Å². The molecule has 0 atom stereocenters. The van der Waals surface area contributed by atoms with Crippen molar-refractivity contribution >= 4 is 5.82 Å². The van der Waals surface area contributed by atoms with E-state index in [4.69, 9.17) is 0 Å². The number of pyridine rings is 1. The zero-order valence-corrected chi connectivity index (χ0v) is 6.39. The zero-order valence-electron chi connectivity index (χ0n) is 6.39. The lowest BCUT2D eigenvalue weighted by molar-refractivity contribution is -0.509. The minimum atomic E-state index is 0.977. The molecule has 2 nitrogen and oxygen atoms in total. The summed E-state index contributed by atoms with van der Waals surface area (Å²) in [5.74, 6) is 0.977. The lowest BCUT2D eigenvalue weighted by Crippen LogP contribution is -2.70. The largest absolute Gasteiger partial charge is 0.429 e.